The summed E-state index contributed by atoms with van der Waals surface area (Å²) >= 11 is 1.31. The molecule has 0 fully saturated rings. The van der Waals surface area contributed by atoms with Crippen molar-refractivity contribution in [2.24, 2.45) is 5.92 Å². The molecule has 7 nitrogen and oxygen atoms in total. The minimum absolute atomic E-state index is 0.0544. The Kier molecular flexibility index (Phi) is 5.52. The van der Waals surface area contributed by atoms with Crippen molar-refractivity contribution in [2.75, 3.05) is 0 Å². The minimum atomic E-state index is -0.749. The number of carbonyl (C=O) groups is 2. The van der Waals surface area contributed by atoms with Crippen LogP contribution in [0.3, 0.4) is 0 Å². The van der Waals surface area contributed by atoms with Gasteiger partial charge in [0.25, 0.3) is 5.91 Å². The van der Waals surface area contributed by atoms with Gasteiger partial charge < -0.3 is 19.0 Å². The number of aromatic nitrogens is 1. The molecule has 3 aromatic rings. The molecule has 8 heteroatoms. The van der Waals surface area contributed by atoms with Crippen LogP contribution < -0.4 is 5.32 Å². The first-order valence-corrected chi connectivity index (χ1v) is 8.93. The van der Waals surface area contributed by atoms with Crippen molar-refractivity contribution in [3.8, 4) is 11.5 Å². The van der Waals surface area contributed by atoms with Crippen LogP contribution in [0.15, 0.2) is 50.9 Å². The van der Waals surface area contributed by atoms with E-state index in [0.29, 0.717) is 22.1 Å². The van der Waals surface area contributed by atoms with Gasteiger partial charge in [0.2, 0.25) is 5.76 Å². The maximum atomic E-state index is 12.4. The van der Waals surface area contributed by atoms with E-state index in [-0.39, 0.29) is 18.4 Å². The number of nitrogens with zero attached hydrogens (tertiary/aromatic N) is 1. The van der Waals surface area contributed by atoms with Gasteiger partial charge in [-0.3, -0.25) is 4.79 Å². The fraction of sp³-hybridized carbons (Fsp3) is 0.278. The SMILES string of the molecule is CC(C)[C@@H](NC(=O)c1cccs1)C(=O)OCc1cc(-c2ccco2)on1. The Morgan fingerprint density at radius 1 is 1.27 bits per heavy atom. The molecule has 1 amide bonds. The number of carbonyl (C=O) groups excluding carboxylic acids is 2. The summed E-state index contributed by atoms with van der Waals surface area (Å²) in [6.07, 6.45) is 1.53. The van der Waals surface area contributed by atoms with Gasteiger partial charge in [-0.05, 0) is 29.5 Å². The van der Waals surface area contributed by atoms with E-state index in [1.54, 1.807) is 35.7 Å². The second-order valence-electron chi connectivity index (χ2n) is 5.94. The van der Waals surface area contributed by atoms with Crippen molar-refractivity contribution in [3.05, 3.63) is 52.5 Å². The van der Waals surface area contributed by atoms with Crippen molar-refractivity contribution in [1.29, 1.82) is 0 Å². The number of hydrogen-bond donors (Lipinski definition) is 1. The molecular weight excluding hydrogens is 356 g/mol. The molecule has 3 heterocycles. The molecule has 0 saturated heterocycles. The molecule has 0 aliphatic carbocycles. The van der Waals surface area contributed by atoms with Crippen molar-refractivity contribution < 1.29 is 23.3 Å². The van der Waals surface area contributed by atoms with Crippen LogP contribution in [-0.2, 0) is 16.1 Å². The lowest BCUT2D eigenvalue weighted by molar-refractivity contribution is -0.148. The predicted octanol–water partition coefficient (Wildman–Crippen LogP) is 3.49. The Morgan fingerprint density at radius 3 is 2.77 bits per heavy atom. The third-order valence-corrected chi connectivity index (χ3v) is 4.51. The molecule has 0 spiro atoms. The van der Waals surface area contributed by atoms with Gasteiger partial charge in [-0.15, -0.1) is 11.3 Å². The van der Waals surface area contributed by atoms with Gasteiger partial charge in [-0.1, -0.05) is 25.1 Å². The summed E-state index contributed by atoms with van der Waals surface area (Å²) < 4.78 is 15.7. The van der Waals surface area contributed by atoms with Gasteiger partial charge in [0.1, 0.15) is 18.3 Å². The van der Waals surface area contributed by atoms with Gasteiger partial charge in [0.05, 0.1) is 11.1 Å². The van der Waals surface area contributed by atoms with E-state index in [2.05, 4.69) is 10.5 Å². The van der Waals surface area contributed by atoms with E-state index in [1.165, 1.54) is 17.6 Å². The Labute approximate surface area is 153 Å². The molecule has 0 unspecified atom stereocenters. The Morgan fingerprint density at radius 2 is 2.12 bits per heavy atom. The molecule has 0 aromatic carbocycles. The Hall–Kier alpha value is -2.87. The van der Waals surface area contributed by atoms with Crippen LogP contribution in [0.2, 0.25) is 0 Å². The number of nitrogens with one attached hydrogen (secondary N) is 1. The third kappa shape index (κ3) is 4.20. The van der Waals surface area contributed by atoms with Crippen LogP contribution in [0.4, 0.5) is 0 Å². The summed E-state index contributed by atoms with van der Waals surface area (Å²) in [4.78, 5) is 25.1. The summed E-state index contributed by atoms with van der Waals surface area (Å²) in [6.45, 7) is 3.62. The van der Waals surface area contributed by atoms with E-state index in [9.17, 15) is 9.59 Å². The molecule has 3 aromatic heterocycles. The zero-order valence-electron chi connectivity index (χ0n) is 14.3. The second kappa shape index (κ2) is 8.01. The van der Waals surface area contributed by atoms with Crippen molar-refractivity contribution in [1.82, 2.24) is 10.5 Å². The number of amides is 1. The van der Waals surface area contributed by atoms with Gasteiger partial charge in [0, 0.05) is 6.07 Å². The van der Waals surface area contributed by atoms with Gasteiger partial charge in [-0.2, -0.15) is 0 Å². The molecule has 0 saturated carbocycles. The van der Waals surface area contributed by atoms with Crippen LogP contribution in [0.1, 0.15) is 29.2 Å². The standard InChI is InChI=1S/C18H18N2O5S/c1-11(2)16(19-17(21)15-6-4-8-26-15)18(22)24-10-12-9-14(25-20-12)13-5-3-7-23-13/h3-9,11,16H,10H2,1-2H3,(H,19,21)/t16-/m1/s1. The first-order valence-electron chi connectivity index (χ1n) is 8.05. The topological polar surface area (TPSA) is 94.6 Å². The second-order valence-corrected chi connectivity index (χ2v) is 6.89. The highest BCUT2D eigenvalue weighted by Gasteiger charge is 2.26. The number of esters is 1. The lowest BCUT2D eigenvalue weighted by atomic mass is 10.0. The van der Waals surface area contributed by atoms with Crippen molar-refractivity contribution >= 4 is 23.2 Å². The first kappa shape index (κ1) is 17.9. The number of furan rings is 1. The van der Waals surface area contributed by atoms with Crippen LogP contribution in [0, 0.1) is 5.92 Å². The van der Waals surface area contributed by atoms with Gasteiger partial charge in [0.15, 0.2) is 5.76 Å². The molecule has 3 rings (SSSR count). The largest absolute Gasteiger partial charge is 0.461 e. The molecule has 26 heavy (non-hydrogen) atoms. The third-order valence-electron chi connectivity index (χ3n) is 3.64. The van der Waals surface area contributed by atoms with E-state index in [4.69, 9.17) is 13.7 Å². The average molecular weight is 374 g/mol. The van der Waals surface area contributed by atoms with E-state index >= 15 is 0 Å². The maximum absolute atomic E-state index is 12.4. The molecule has 0 aliphatic heterocycles. The van der Waals surface area contributed by atoms with Crippen molar-refractivity contribution in [2.45, 2.75) is 26.5 Å². The fourth-order valence-electron chi connectivity index (χ4n) is 2.27. The lowest BCUT2D eigenvalue weighted by Gasteiger charge is -2.20. The minimum Gasteiger partial charge on any atom is -0.461 e. The molecule has 0 radical (unpaired) electrons. The monoisotopic (exact) mass is 374 g/mol. The summed E-state index contributed by atoms with van der Waals surface area (Å²) in [5.74, 6) is 0.0536. The van der Waals surface area contributed by atoms with E-state index in [0.717, 1.165) is 0 Å². The highest BCUT2D eigenvalue weighted by molar-refractivity contribution is 7.12. The van der Waals surface area contributed by atoms with Gasteiger partial charge in [-0.25, -0.2) is 4.79 Å². The lowest BCUT2D eigenvalue weighted by Crippen LogP contribution is -2.45. The molecule has 136 valence electrons. The number of ether oxygens (including phenoxy) is 1. The van der Waals surface area contributed by atoms with E-state index < -0.39 is 12.0 Å². The van der Waals surface area contributed by atoms with Crippen LogP contribution in [0.25, 0.3) is 11.5 Å². The fourth-order valence-corrected chi connectivity index (χ4v) is 2.89. The molecule has 1 atom stereocenters. The zero-order chi connectivity index (χ0) is 18.5. The normalized spacial score (nSPS) is 12.1. The van der Waals surface area contributed by atoms with Crippen LogP contribution in [0.5, 0.6) is 0 Å². The van der Waals surface area contributed by atoms with E-state index in [1.807, 2.05) is 13.8 Å². The quantitative estimate of drug-likeness (QED) is 0.636. The highest BCUT2D eigenvalue weighted by atomic mass is 32.1. The highest BCUT2D eigenvalue weighted by Crippen LogP contribution is 2.21. The molecule has 1 N–H and O–H groups in total. The average Bonchev–Trinajstić information content (AvgIpc) is 3.38. The number of rotatable bonds is 7. The molecule has 0 bridgehead atoms. The summed E-state index contributed by atoms with van der Waals surface area (Å²) in [5, 5.41) is 8.38. The zero-order valence-corrected chi connectivity index (χ0v) is 15.1. The Balaban J connectivity index is 1.59. The summed E-state index contributed by atoms with van der Waals surface area (Å²) in [5.41, 5.74) is 0.455. The Bertz CT molecular complexity index is 852. The van der Waals surface area contributed by atoms with Crippen LogP contribution >= 0.6 is 11.3 Å². The molecular formula is C18H18N2O5S. The summed E-state index contributed by atoms with van der Waals surface area (Å²) in [7, 11) is 0. The maximum Gasteiger partial charge on any atom is 0.329 e. The number of hydrogen-bond acceptors (Lipinski definition) is 7. The summed E-state index contributed by atoms with van der Waals surface area (Å²) in [6, 6.07) is 7.85. The van der Waals surface area contributed by atoms with Crippen LogP contribution in [-0.4, -0.2) is 23.1 Å². The predicted molar refractivity (Wildman–Crippen MR) is 94.4 cm³/mol. The van der Waals surface area contributed by atoms with Crippen molar-refractivity contribution in [3.63, 3.8) is 0 Å². The smallest absolute Gasteiger partial charge is 0.329 e. The first-order chi connectivity index (χ1) is 12.5. The molecule has 0 aliphatic rings. The van der Waals surface area contributed by atoms with Gasteiger partial charge >= 0.3 is 5.97 Å². The number of thiophene rings is 1.